The number of rotatable bonds is 6. The van der Waals surface area contributed by atoms with Crippen molar-refractivity contribution in [3.8, 4) is 16.9 Å². The maximum Gasteiger partial charge on any atom is 0.573 e. The Morgan fingerprint density at radius 2 is 1.79 bits per heavy atom. The molecule has 29 heavy (non-hydrogen) atoms. The van der Waals surface area contributed by atoms with E-state index in [1.807, 2.05) is 13.8 Å². The minimum Gasteiger partial charge on any atom is -0.408 e. The van der Waals surface area contributed by atoms with E-state index in [-0.39, 0.29) is 30.7 Å². The highest BCUT2D eigenvalue weighted by atomic mass is 19.4. The van der Waals surface area contributed by atoms with Crippen molar-refractivity contribution in [3.05, 3.63) is 53.0 Å². The Labute approximate surface area is 163 Å². The van der Waals surface area contributed by atoms with Crippen molar-refractivity contribution in [2.75, 3.05) is 0 Å². The number of aromatic nitrogens is 1. The number of fused-ring (bicyclic) bond motifs is 1. The van der Waals surface area contributed by atoms with E-state index in [0.29, 0.717) is 22.2 Å². The third kappa shape index (κ3) is 5.18. The number of halogens is 3. The number of hydrogen-bond donors (Lipinski definition) is 1. The van der Waals surface area contributed by atoms with E-state index in [1.54, 1.807) is 18.2 Å². The SMILES string of the molecule is CC(C)NC(=O)CCn1c(=O)oc2ccc(-c3ccc(OC(F)(F)F)cc3)cc21. The Morgan fingerprint density at radius 1 is 1.14 bits per heavy atom. The monoisotopic (exact) mass is 408 g/mol. The topological polar surface area (TPSA) is 73.5 Å². The van der Waals surface area contributed by atoms with Gasteiger partial charge in [0.2, 0.25) is 5.91 Å². The van der Waals surface area contributed by atoms with Gasteiger partial charge in [-0.15, -0.1) is 13.2 Å². The van der Waals surface area contributed by atoms with Crippen molar-refractivity contribution in [1.82, 2.24) is 9.88 Å². The third-order valence-corrected chi connectivity index (χ3v) is 4.10. The van der Waals surface area contributed by atoms with Crippen LogP contribution >= 0.6 is 0 Å². The smallest absolute Gasteiger partial charge is 0.408 e. The van der Waals surface area contributed by atoms with Gasteiger partial charge in [0, 0.05) is 19.0 Å². The molecule has 0 fully saturated rings. The number of nitrogens with one attached hydrogen (secondary N) is 1. The van der Waals surface area contributed by atoms with Gasteiger partial charge in [-0.25, -0.2) is 4.79 Å². The van der Waals surface area contributed by atoms with Crippen LogP contribution in [0.3, 0.4) is 0 Å². The van der Waals surface area contributed by atoms with Gasteiger partial charge >= 0.3 is 12.1 Å². The number of ether oxygens (including phenoxy) is 1. The first-order valence-corrected chi connectivity index (χ1v) is 8.91. The number of hydrogen-bond acceptors (Lipinski definition) is 4. The summed E-state index contributed by atoms with van der Waals surface area (Å²) in [5.74, 6) is -1.08. The lowest BCUT2D eigenvalue weighted by Gasteiger charge is -2.10. The first kappa shape index (κ1) is 20.5. The molecule has 0 spiro atoms. The minimum atomic E-state index is -4.75. The van der Waals surface area contributed by atoms with Gasteiger partial charge in [0.05, 0.1) is 5.52 Å². The second-order valence-corrected chi connectivity index (χ2v) is 6.75. The molecule has 0 radical (unpaired) electrons. The molecule has 154 valence electrons. The Bertz CT molecular complexity index is 1070. The molecule has 1 N–H and O–H groups in total. The molecule has 0 saturated carbocycles. The maximum absolute atomic E-state index is 12.3. The van der Waals surface area contributed by atoms with Gasteiger partial charge in [0.1, 0.15) is 5.75 Å². The first-order chi connectivity index (χ1) is 13.6. The summed E-state index contributed by atoms with van der Waals surface area (Å²) in [5, 5.41) is 2.75. The largest absolute Gasteiger partial charge is 0.573 e. The van der Waals surface area contributed by atoms with Crippen LogP contribution in [0, 0.1) is 0 Å². The zero-order valence-electron chi connectivity index (χ0n) is 15.7. The summed E-state index contributed by atoms with van der Waals surface area (Å²) in [6.07, 6.45) is -4.64. The average molecular weight is 408 g/mol. The molecule has 0 atom stereocenters. The zero-order valence-corrected chi connectivity index (χ0v) is 15.7. The number of benzene rings is 2. The highest BCUT2D eigenvalue weighted by molar-refractivity contribution is 5.81. The summed E-state index contributed by atoms with van der Waals surface area (Å²) in [6.45, 7) is 3.83. The summed E-state index contributed by atoms with van der Waals surface area (Å²) >= 11 is 0. The number of carbonyl (C=O) groups is 1. The fourth-order valence-corrected chi connectivity index (χ4v) is 2.91. The zero-order chi connectivity index (χ0) is 21.2. The molecule has 0 aliphatic rings. The van der Waals surface area contributed by atoms with Crippen molar-refractivity contribution in [3.63, 3.8) is 0 Å². The van der Waals surface area contributed by atoms with E-state index in [0.717, 1.165) is 0 Å². The van der Waals surface area contributed by atoms with E-state index in [4.69, 9.17) is 4.42 Å². The van der Waals surface area contributed by atoms with Crippen molar-refractivity contribution >= 4 is 17.0 Å². The summed E-state index contributed by atoms with van der Waals surface area (Å²) in [4.78, 5) is 24.0. The van der Waals surface area contributed by atoms with Gasteiger partial charge in [0.15, 0.2) is 5.58 Å². The van der Waals surface area contributed by atoms with Gasteiger partial charge in [-0.2, -0.15) is 0 Å². The molecular formula is C20H19F3N2O4. The van der Waals surface area contributed by atoms with E-state index in [9.17, 15) is 22.8 Å². The fraction of sp³-hybridized carbons (Fsp3) is 0.300. The number of nitrogens with zero attached hydrogens (tertiary/aromatic N) is 1. The van der Waals surface area contributed by atoms with Crippen molar-refractivity contribution in [1.29, 1.82) is 0 Å². The summed E-state index contributed by atoms with van der Waals surface area (Å²) < 4.78 is 47.3. The van der Waals surface area contributed by atoms with E-state index in [1.165, 1.54) is 28.8 Å². The predicted octanol–water partition coefficient (Wildman–Crippen LogP) is 4.07. The molecule has 9 heteroatoms. The second-order valence-electron chi connectivity index (χ2n) is 6.75. The van der Waals surface area contributed by atoms with Gasteiger partial charge in [0.25, 0.3) is 0 Å². The van der Waals surface area contributed by atoms with Crippen LogP contribution in [0.5, 0.6) is 5.75 Å². The van der Waals surface area contributed by atoms with Crippen LogP contribution in [-0.4, -0.2) is 22.9 Å². The molecule has 1 amide bonds. The molecule has 1 aromatic heterocycles. The lowest BCUT2D eigenvalue weighted by molar-refractivity contribution is -0.274. The van der Waals surface area contributed by atoms with Gasteiger partial charge in [-0.1, -0.05) is 18.2 Å². The Kier molecular flexibility index (Phi) is 5.67. The van der Waals surface area contributed by atoms with Crippen LogP contribution in [-0.2, 0) is 11.3 Å². The Morgan fingerprint density at radius 3 is 2.41 bits per heavy atom. The van der Waals surface area contributed by atoms with Crippen LogP contribution in [0.1, 0.15) is 20.3 Å². The van der Waals surface area contributed by atoms with Crippen LogP contribution in [0.4, 0.5) is 13.2 Å². The average Bonchev–Trinajstić information content (AvgIpc) is 2.93. The standard InChI is InChI=1S/C20H19F3N2O4/c1-12(2)24-18(26)9-10-25-16-11-14(5-8-17(16)28-19(25)27)13-3-6-15(7-4-13)29-20(21,22)23/h3-8,11-12H,9-10H2,1-2H3,(H,24,26). The maximum atomic E-state index is 12.3. The molecule has 1 heterocycles. The summed E-state index contributed by atoms with van der Waals surface area (Å²) in [5.41, 5.74) is 2.18. The van der Waals surface area contributed by atoms with Crippen molar-refractivity contribution in [2.45, 2.75) is 39.2 Å². The van der Waals surface area contributed by atoms with Gasteiger partial charge < -0.3 is 14.5 Å². The van der Waals surface area contributed by atoms with Crippen LogP contribution < -0.4 is 15.8 Å². The Balaban J connectivity index is 1.85. The normalized spacial score (nSPS) is 11.8. The highest BCUT2D eigenvalue weighted by Gasteiger charge is 2.31. The van der Waals surface area contributed by atoms with E-state index >= 15 is 0 Å². The first-order valence-electron chi connectivity index (χ1n) is 8.91. The van der Waals surface area contributed by atoms with E-state index in [2.05, 4.69) is 10.1 Å². The highest BCUT2D eigenvalue weighted by Crippen LogP contribution is 2.28. The van der Waals surface area contributed by atoms with Crippen LogP contribution in [0.2, 0.25) is 0 Å². The molecule has 0 aliphatic carbocycles. The molecule has 0 bridgehead atoms. The van der Waals surface area contributed by atoms with Crippen LogP contribution in [0.15, 0.2) is 51.7 Å². The van der Waals surface area contributed by atoms with Crippen molar-refractivity contribution in [2.24, 2.45) is 0 Å². The predicted molar refractivity (Wildman–Crippen MR) is 100 cm³/mol. The van der Waals surface area contributed by atoms with E-state index < -0.39 is 12.1 Å². The number of amides is 1. The molecule has 0 unspecified atom stereocenters. The number of oxazole rings is 1. The number of alkyl halides is 3. The lowest BCUT2D eigenvalue weighted by atomic mass is 10.1. The molecule has 0 saturated heterocycles. The second kappa shape index (κ2) is 8.02. The molecule has 3 rings (SSSR count). The van der Waals surface area contributed by atoms with Crippen molar-refractivity contribution < 1.29 is 27.1 Å². The fourth-order valence-electron chi connectivity index (χ4n) is 2.91. The summed E-state index contributed by atoms with van der Waals surface area (Å²) in [6, 6.07) is 10.4. The molecule has 3 aromatic rings. The number of aryl methyl sites for hydroxylation is 1. The molecule has 2 aromatic carbocycles. The quantitative estimate of drug-likeness (QED) is 0.667. The van der Waals surface area contributed by atoms with Crippen LogP contribution in [0.25, 0.3) is 22.2 Å². The molecule has 0 aliphatic heterocycles. The van der Waals surface area contributed by atoms with Gasteiger partial charge in [-0.3, -0.25) is 9.36 Å². The Hall–Kier alpha value is -3.23. The molecular weight excluding hydrogens is 389 g/mol. The van der Waals surface area contributed by atoms with Gasteiger partial charge in [-0.05, 0) is 49.2 Å². The summed E-state index contributed by atoms with van der Waals surface area (Å²) in [7, 11) is 0. The third-order valence-electron chi connectivity index (χ3n) is 4.10. The number of carbonyl (C=O) groups excluding carboxylic acids is 1. The minimum absolute atomic E-state index is 0.00350. The lowest BCUT2D eigenvalue weighted by Crippen LogP contribution is -2.31. The molecule has 6 nitrogen and oxygen atoms in total.